The van der Waals surface area contributed by atoms with E-state index in [1.165, 1.54) is 12.1 Å². The number of aliphatic hydroxyl groups excluding tert-OH is 1. The molecule has 2 rings (SSSR count). The van der Waals surface area contributed by atoms with Crippen LogP contribution in [0.1, 0.15) is 15.9 Å². The summed E-state index contributed by atoms with van der Waals surface area (Å²) in [5.41, 5.74) is 0.498. The van der Waals surface area contributed by atoms with Crippen molar-refractivity contribution in [2.75, 3.05) is 13.2 Å². The molecule has 1 amide bonds. The maximum atomic E-state index is 13.2. The van der Waals surface area contributed by atoms with Crippen LogP contribution in [0.15, 0.2) is 30.6 Å². The van der Waals surface area contributed by atoms with Gasteiger partial charge in [-0.3, -0.25) is 9.48 Å². The number of rotatable bonds is 4. The van der Waals surface area contributed by atoms with E-state index in [9.17, 15) is 9.18 Å². The molecule has 1 aromatic heterocycles. The van der Waals surface area contributed by atoms with Gasteiger partial charge in [0.25, 0.3) is 5.91 Å². The Kier molecular flexibility index (Phi) is 5.01. The largest absolute Gasteiger partial charge is 0.384 e. The summed E-state index contributed by atoms with van der Waals surface area (Å²) < 4.78 is 14.8. The second-order valence-corrected chi connectivity index (χ2v) is 4.07. The highest BCUT2D eigenvalue weighted by atomic mass is 19.1. The Morgan fingerprint density at radius 2 is 2.33 bits per heavy atom. The first-order valence-corrected chi connectivity index (χ1v) is 6.22. The number of amides is 1. The molecule has 0 fully saturated rings. The predicted octanol–water partition coefficient (Wildman–Crippen LogP) is 0.191. The van der Waals surface area contributed by atoms with Crippen LogP contribution in [0, 0.1) is 17.7 Å². The van der Waals surface area contributed by atoms with Gasteiger partial charge in [-0.2, -0.15) is 0 Å². The fraction of sp³-hybridized carbons (Fsp3) is 0.214. The molecule has 108 valence electrons. The Labute approximate surface area is 120 Å². The van der Waals surface area contributed by atoms with E-state index in [1.54, 1.807) is 17.1 Å². The first-order chi connectivity index (χ1) is 10.2. The highest BCUT2D eigenvalue weighted by Gasteiger charge is 2.10. The zero-order valence-electron chi connectivity index (χ0n) is 11.1. The normalized spacial score (nSPS) is 9.81. The Morgan fingerprint density at radius 3 is 3.05 bits per heavy atom. The molecule has 0 radical (unpaired) electrons. The minimum atomic E-state index is -0.489. The van der Waals surface area contributed by atoms with Gasteiger partial charge in [-0.25, -0.2) is 4.39 Å². The van der Waals surface area contributed by atoms with Crippen molar-refractivity contribution in [2.24, 2.45) is 0 Å². The van der Waals surface area contributed by atoms with Crippen LogP contribution in [0.2, 0.25) is 0 Å². The molecular formula is C14H13FN4O2. The minimum Gasteiger partial charge on any atom is -0.384 e. The van der Waals surface area contributed by atoms with Crippen LogP contribution in [0.3, 0.4) is 0 Å². The van der Waals surface area contributed by atoms with E-state index in [0.29, 0.717) is 13.1 Å². The molecule has 0 bridgehead atoms. The van der Waals surface area contributed by atoms with Crippen LogP contribution < -0.4 is 5.32 Å². The maximum Gasteiger partial charge on any atom is 0.252 e. The smallest absolute Gasteiger partial charge is 0.252 e. The Morgan fingerprint density at radius 1 is 1.48 bits per heavy atom. The average Bonchev–Trinajstić information content (AvgIpc) is 2.98. The number of carbonyl (C=O) groups is 1. The zero-order valence-corrected chi connectivity index (χ0v) is 11.1. The van der Waals surface area contributed by atoms with Crippen molar-refractivity contribution < 1.29 is 14.3 Å². The SMILES string of the molecule is O=C(NCCn1ccnn1)c1ccc(F)cc1C#CCO. The number of benzene rings is 1. The maximum absolute atomic E-state index is 13.2. The Balaban J connectivity index is 2.04. The van der Waals surface area contributed by atoms with Gasteiger partial charge in [0.15, 0.2) is 0 Å². The van der Waals surface area contributed by atoms with Crippen LogP contribution >= 0.6 is 0 Å². The van der Waals surface area contributed by atoms with Gasteiger partial charge in [-0.15, -0.1) is 5.10 Å². The number of aromatic nitrogens is 3. The molecule has 2 N–H and O–H groups in total. The molecule has 0 atom stereocenters. The molecular weight excluding hydrogens is 275 g/mol. The minimum absolute atomic E-state index is 0.238. The molecule has 0 saturated heterocycles. The lowest BCUT2D eigenvalue weighted by Gasteiger charge is -2.07. The van der Waals surface area contributed by atoms with Gasteiger partial charge < -0.3 is 10.4 Å². The third kappa shape index (κ3) is 4.12. The fourth-order valence-corrected chi connectivity index (χ4v) is 1.68. The average molecular weight is 288 g/mol. The van der Waals surface area contributed by atoms with Crippen LogP contribution in [0.4, 0.5) is 4.39 Å². The van der Waals surface area contributed by atoms with E-state index >= 15 is 0 Å². The molecule has 0 aliphatic heterocycles. The van der Waals surface area contributed by atoms with Gasteiger partial charge >= 0.3 is 0 Å². The Hall–Kier alpha value is -2.72. The Bertz CT molecular complexity index is 674. The standard InChI is InChI=1S/C14H13FN4O2/c15-12-3-4-13(11(10-12)2-1-9-20)14(21)16-5-7-19-8-6-17-18-19/h3-4,6,8,10,20H,5,7,9H2,(H,16,21). The summed E-state index contributed by atoms with van der Waals surface area (Å²) >= 11 is 0. The van der Waals surface area contributed by atoms with Crippen LogP contribution in [-0.4, -0.2) is 39.2 Å². The van der Waals surface area contributed by atoms with Crippen molar-refractivity contribution in [1.29, 1.82) is 0 Å². The molecule has 21 heavy (non-hydrogen) atoms. The van der Waals surface area contributed by atoms with E-state index in [2.05, 4.69) is 27.5 Å². The van der Waals surface area contributed by atoms with E-state index in [4.69, 9.17) is 5.11 Å². The van der Waals surface area contributed by atoms with E-state index < -0.39 is 5.82 Å². The van der Waals surface area contributed by atoms with Crippen molar-refractivity contribution in [2.45, 2.75) is 6.54 Å². The summed E-state index contributed by atoms with van der Waals surface area (Å²) in [7, 11) is 0. The number of carbonyl (C=O) groups excluding carboxylic acids is 1. The number of aliphatic hydroxyl groups is 1. The summed E-state index contributed by atoms with van der Waals surface area (Å²) in [6.45, 7) is 0.473. The fourth-order valence-electron chi connectivity index (χ4n) is 1.68. The molecule has 1 heterocycles. The van der Waals surface area contributed by atoms with Gasteiger partial charge in [0, 0.05) is 18.3 Å². The number of halogens is 1. The molecule has 2 aromatic rings. The van der Waals surface area contributed by atoms with E-state index in [0.717, 1.165) is 6.07 Å². The van der Waals surface area contributed by atoms with Crippen molar-refractivity contribution in [3.8, 4) is 11.8 Å². The number of hydrogen-bond acceptors (Lipinski definition) is 4. The molecule has 6 nitrogen and oxygen atoms in total. The molecule has 1 aromatic carbocycles. The van der Waals surface area contributed by atoms with Crippen LogP contribution in [0.5, 0.6) is 0 Å². The highest BCUT2D eigenvalue weighted by Crippen LogP contribution is 2.10. The lowest BCUT2D eigenvalue weighted by atomic mass is 10.1. The first-order valence-electron chi connectivity index (χ1n) is 6.22. The summed E-state index contributed by atoms with van der Waals surface area (Å²) in [6, 6.07) is 3.72. The van der Waals surface area contributed by atoms with Crippen molar-refractivity contribution >= 4 is 5.91 Å². The number of hydrogen-bond donors (Lipinski definition) is 2. The molecule has 0 aliphatic carbocycles. The topological polar surface area (TPSA) is 80.0 Å². The first kappa shape index (κ1) is 14.7. The van der Waals surface area contributed by atoms with E-state index in [-0.39, 0.29) is 23.6 Å². The second-order valence-electron chi connectivity index (χ2n) is 4.07. The van der Waals surface area contributed by atoms with Crippen LogP contribution in [0.25, 0.3) is 0 Å². The summed E-state index contributed by atoms with van der Waals surface area (Å²) in [4.78, 5) is 12.1. The zero-order chi connectivity index (χ0) is 15.1. The van der Waals surface area contributed by atoms with Crippen molar-refractivity contribution in [1.82, 2.24) is 20.3 Å². The molecule has 0 saturated carbocycles. The lowest BCUT2D eigenvalue weighted by molar-refractivity contribution is 0.0951. The van der Waals surface area contributed by atoms with Crippen LogP contribution in [-0.2, 0) is 6.54 Å². The van der Waals surface area contributed by atoms with Gasteiger partial charge in [-0.1, -0.05) is 17.1 Å². The third-order valence-electron chi connectivity index (χ3n) is 2.63. The monoisotopic (exact) mass is 288 g/mol. The van der Waals surface area contributed by atoms with Gasteiger partial charge in [-0.05, 0) is 18.2 Å². The predicted molar refractivity (Wildman–Crippen MR) is 72.7 cm³/mol. The third-order valence-corrected chi connectivity index (χ3v) is 2.63. The molecule has 7 heteroatoms. The summed E-state index contributed by atoms with van der Waals surface area (Å²) in [5.74, 6) is 4.11. The summed E-state index contributed by atoms with van der Waals surface area (Å²) in [6.07, 6.45) is 3.23. The van der Waals surface area contributed by atoms with Crippen molar-refractivity contribution in [3.05, 3.63) is 47.5 Å². The highest BCUT2D eigenvalue weighted by molar-refractivity contribution is 5.96. The molecule has 0 spiro atoms. The number of nitrogens with zero attached hydrogens (tertiary/aromatic N) is 3. The van der Waals surface area contributed by atoms with Crippen molar-refractivity contribution in [3.63, 3.8) is 0 Å². The molecule has 0 unspecified atom stereocenters. The lowest BCUT2D eigenvalue weighted by Crippen LogP contribution is -2.28. The second kappa shape index (κ2) is 7.17. The van der Waals surface area contributed by atoms with Gasteiger partial charge in [0.05, 0.1) is 18.3 Å². The van der Waals surface area contributed by atoms with Gasteiger partial charge in [0.2, 0.25) is 0 Å². The summed E-state index contributed by atoms with van der Waals surface area (Å²) in [5, 5.41) is 18.8. The molecule has 0 aliphatic rings. The van der Waals surface area contributed by atoms with Gasteiger partial charge in [0.1, 0.15) is 12.4 Å². The number of nitrogens with one attached hydrogen (secondary N) is 1. The quantitative estimate of drug-likeness (QED) is 0.787. The van der Waals surface area contributed by atoms with E-state index in [1.807, 2.05) is 0 Å².